The van der Waals surface area contributed by atoms with E-state index < -0.39 is 12.0 Å². The van der Waals surface area contributed by atoms with Crippen LogP contribution in [-0.4, -0.2) is 35.0 Å². The smallest absolute Gasteiger partial charge is 0.326 e. The second kappa shape index (κ2) is 5.87. The number of nitrogens with zero attached hydrogens (tertiary/aromatic N) is 1. The number of aliphatic carboxylic acids is 1. The number of carbonyl (C=O) groups is 2. The number of amides is 1. The summed E-state index contributed by atoms with van der Waals surface area (Å²) in [5.74, 6) is -0.522. The Labute approximate surface area is 96.6 Å². The molecule has 1 aliphatic carbocycles. The molecule has 4 heteroatoms. The summed E-state index contributed by atoms with van der Waals surface area (Å²) in [5, 5.41) is 8.81. The Kier molecular flexibility index (Phi) is 4.77. The van der Waals surface area contributed by atoms with Crippen LogP contribution < -0.4 is 0 Å². The minimum atomic E-state index is -0.945. The van der Waals surface area contributed by atoms with Crippen LogP contribution in [0.5, 0.6) is 0 Å². The van der Waals surface area contributed by atoms with E-state index in [4.69, 9.17) is 5.11 Å². The maximum atomic E-state index is 11.8. The molecule has 1 rings (SSSR count). The van der Waals surface area contributed by atoms with Gasteiger partial charge in [-0.25, -0.2) is 4.79 Å². The van der Waals surface area contributed by atoms with E-state index in [-0.39, 0.29) is 5.91 Å². The van der Waals surface area contributed by atoms with Gasteiger partial charge in [0.15, 0.2) is 0 Å². The van der Waals surface area contributed by atoms with Crippen LogP contribution in [0.1, 0.15) is 45.4 Å². The van der Waals surface area contributed by atoms with Crippen LogP contribution in [0.15, 0.2) is 0 Å². The first-order chi connectivity index (χ1) is 7.52. The zero-order chi connectivity index (χ0) is 12.1. The van der Waals surface area contributed by atoms with Gasteiger partial charge >= 0.3 is 5.97 Å². The molecule has 0 spiro atoms. The Balaban J connectivity index is 2.41. The molecule has 0 heterocycles. The zero-order valence-corrected chi connectivity index (χ0v) is 10.1. The summed E-state index contributed by atoms with van der Waals surface area (Å²) in [4.78, 5) is 23.9. The lowest BCUT2D eigenvalue weighted by Crippen LogP contribution is -2.41. The van der Waals surface area contributed by atoms with Crippen LogP contribution >= 0.6 is 0 Å². The van der Waals surface area contributed by atoms with Crippen molar-refractivity contribution in [3.05, 3.63) is 0 Å². The Morgan fingerprint density at radius 1 is 1.31 bits per heavy atom. The minimum Gasteiger partial charge on any atom is -0.480 e. The summed E-state index contributed by atoms with van der Waals surface area (Å²) in [7, 11) is 1.57. The molecule has 16 heavy (non-hydrogen) atoms. The predicted octanol–water partition coefficient (Wildman–Crippen LogP) is 1.89. The van der Waals surface area contributed by atoms with Gasteiger partial charge < -0.3 is 10.0 Å². The third-order valence-corrected chi connectivity index (χ3v) is 3.52. The van der Waals surface area contributed by atoms with Crippen LogP contribution in [-0.2, 0) is 9.59 Å². The summed E-state index contributed by atoms with van der Waals surface area (Å²) < 4.78 is 0. The summed E-state index contributed by atoms with van der Waals surface area (Å²) in [6.07, 6.45) is 6.41. The van der Waals surface area contributed by atoms with E-state index in [1.807, 2.05) is 0 Å². The molecule has 0 aromatic carbocycles. The monoisotopic (exact) mass is 227 g/mol. The molecule has 4 nitrogen and oxygen atoms in total. The highest BCUT2D eigenvalue weighted by Crippen LogP contribution is 2.26. The molecule has 1 amide bonds. The summed E-state index contributed by atoms with van der Waals surface area (Å²) in [6, 6.07) is -0.726. The quantitative estimate of drug-likeness (QED) is 0.797. The van der Waals surface area contributed by atoms with Crippen molar-refractivity contribution < 1.29 is 14.7 Å². The largest absolute Gasteiger partial charge is 0.480 e. The Hall–Kier alpha value is -1.06. The highest BCUT2D eigenvalue weighted by atomic mass is 16.4. The Bertz CT molecular complexity index is 259. The number of likely N-dealkylation sites (N-methyl/N-ethyl adjacent to an activating group) is 1. The van der Waals surface area contributed by atoms with Gasteiger partial charge in [-0.15, -0.1) is 0 Å². The molecule has 1 aliphatic rings. The van der Waals surface area contributed by atoms with E-state index in [9.17, 15) is 9.59 Å². The molecule has 92 valence electrons. The summed E-state index contributed by atoms with van der Waals surface area (Å²) >= 11 is 0. The Morgan fingerprint density at radius 3 is 2.38 bits per heavy atom. The lowest BCUT2D eigenvalue weighted by molar-refractivity contribution is -0.148. The fourth-order valence-electron chi connectivity index (χ4n) is 2.16. The van der Waals surface area contributed by atoms with Crippen LogP contribution in [0.3, 0.4) is 0 Å². The number of carboxylic acid groups (broad SMARTS) is 1. The van der Waals surface area contributed by atoms with Gasteiger partial charge in [-0.1, -0.05) is 19.3 Å². The standard InChI is InChI=1S/C12H21NO3/c1-9(12(15)16)13(2)11(14)8-10-6-4-3-5-7-10/h9-10H,3-8H2,1-2H3,(H,15,16). The second-order valence-electron chi connectivity index (χ2n) is 4.73. The first-order valence-corrected chi connectivity index (χ1v) is 6.01. The fraction of sp³-hybridized carbons (Fsp3) is 0.833. The zero-order valence-electron chi connectivity index (χ0n) is 10.1. The number of hydrogen-bond acceptors (Lipinski definition) is 2. The molecule has 0 radical (unpaired) electrons. The number of carboxylic acids is 1. The molecule has 1 unspecified atom stereocenters. The lowest BCUT2D eigenvalue weighted by atomic mass is 9.86. The van der Waals surface area contributed by atoms with Crippen LogP contribution in [0.2, 0.25) is 0 Å². The van der Waals surface area contributed by atoms with Gasteiger partial charge in [-0.3, -0.25) is 4.79 Å². The summed E-state index contributed by atoms with van der Waals surface area (Å²) in [6.45, 7) is 1.54. The topological polar surface area (TPSA) is 57.6 Å². The van der Waals surface area contributed by atoms with Gasteiger partial charge in [-0.05, 0) is 25.7 Å². The molecule has 1 atom stereocenters. The van der Waals surface area contributed by atoms with Crippen LogP contribution in [0.4, 0.5) is 0 Å². The molecule has 0 saturated heterocycles. The SMILES string of the molecule is CC(C(=O)O)N(C)C(=O)CC1CCCCC1. The average molecular weight is 227 g/mol. The van der Waals surface area contributed by atoms with E-state index in [2.05, 4.69) is 0 Å². The fourth-order valence-corrected chi connectivity index (χ4v) is 2.16. The van der Waals surface area contributed by atoms with Crippen molar-refractivity contribution >= 4 is 11.9 Å². The molecule has 1 fully saturated rings. The number of carbonyl (C=O) groups excluding carboxylic acids is 1. The van der Waals surface area contributed by atoms with Gasteiger partial charge in [-0.2, -0.15) is 0 Å². The van der Waals surface area contributed by atoms with Crippen molar-refractivity contribution in [2.24, 2.45) is 5.92 Å². The first kappa shape index (κ1) is 13.0. The van der Waals surface area contributed by atoms with E-state index in [0.29, 0.717) is 12.3 Å². The minimum absolute atomic E-state index is 0.0400. The maximum absolute atomic E-state index is 11.8. The molecule has 0 aromatic heterocycles. The molecule has 0 aromatic rings. The van der Waals surface area contributed by atoms with Gasteiger partial charge in [0.1, 0.15) is 6.04 Å². The molecule has 1 N–H and O–H groups in total. The molecular weight excluding hydrogens is 206 g/mol. The Morgan fingerprint density at radius 2 is 1.88 bits per heavy atom. The van der Waals surface area contributed by atoms with Crippen LogP contribution in [0.25, 0.3) is 0 Å². The lowest BCUT2D eigenvalue weighted by Gasteiger charge is -2.26. The van der Waals surface area contributed by atoms with Crippen molar-refractivity contribution in [1.82, 2.24) is 4.90 Å². The third kappa shape index (κ3) is 3.51. The van der Waals surface area contributed by atoms with Crippen molar-refractivity contribution in [1.29, 1.82) is 0 Å². The highest BCUT2D eigenvalue weighted by molar-refractivity contribution is 5.83. The van der Waals surface area contributed by atoms with Crippen molar-refractivity contribution in [2.45, 2.75) is 51.5 Å². The van der Waals surface area contributed by atoms with Gasteiger partial charge in [0.2, 0.25) is 5.91 Å². The number of rotatable bonds is 4. The van der Waals surface area contributed by atoms with Crippen molar-refractivity contribution in [3.63, 3.8) is 0 Å². The first-order valence-electron chi connectivity index (χ1n) is 6.01. The highest BCUT2D eigenvalue weighted by Gasteiger charge is 2.24. The van der Waals surface area contributed by atoms with Gasteiger partial charge in [0, 0.05) is 13.5 Å². The second-order valence-corrected chi connectivity index (χ2v) is 4.73. The van der Waals surface area contributed by atoms with Gasteiger partial charge in [0.25, 0.3) is 0 Å². The normalized spacial score (nSPS) is 19.1. The average Bonchev–Trinajstić information content (AvgIpc) is 2.28. The van der Waals surface area contributed by atoms with Crippen molar-refractivity contribution in [3.8, 4) is 0 Å². The van der Waals surface area contributed by atoms with E-state index in [0.717, 1.165) is 12.8 Å². The molecule has 1 saturated carbocycles. The predicted molar refractivity (Wildman–Crippen MR) is 61.1 cm³/mol. The maximum Gasteiger partial charge on any atom is 0.326 e. The molecule has 0 bridgehead atoms. The van der Waals surface area contributed by atoms with Crippen molar-refractivity contribution in [2.75, 3.05) is 7.05 Å². The number of hydrogen-bond donors (Lipinski definition) is 1. The van der Waals surface area contributed by atoms with Gasteiger partial charge in [0.05, 0.1) is 0 Å². The van der Waals surface area contributed by atoms with E-state index in [1.165, 1.54) is 24.2 Å². The molecule has 0 aliphatic heterocycles. The molecular formula is C12H21NO3. The summed E-state index contributed by atoms with van der Waals surface area (Å²) in [5.41, 5.74) is 0. The van der Waals surface area contributed by atoms with E-state index >= 15 is 0 Å². The van der Waals surface area contributed by atoms with E-state index in [1.54, 1.807) is 14.0 Å². The van der Waals surface area contributed by atoms with Crippen LogP contribution in [0, 0.1) is 5.92 Å². The third-order valence-electron chi connectivity index (χ3n) is 3.52.